The second kappa shape index (κ2) is 8.93. The highest BCUT2D eigenvalue weighted by Crippen LogP contribution is 2.33. The zero-order valence-corrected chi connectivity index (χ0v) is 17.4. The molecule has 0 amide bonds. The zero-order valence-electron chi connectivity index (χ0n) is 17.4. The second-order valence-electron chi connectivity index (χ2n) is 7.81. The Kier molecular flexibility index (Phi) is 5.92. The zero-order chi connectivity index (χ0) is 20.9. The first-order chi connectivity index (χ1) is 14.6. The van der Waals surface area contributed by atoms with Crippen LogP contribution in [0.2, 0.25) is 0 Å². The normalized spacial score (nSPS) is 16.2. The topological polar surface area (TPSA) is 68.1 Å². The van der Waals surface area contributed by atoms with Crippen LogP contribution in [0, 0.1) is 11.3 Å². The Balaban J connectivity index is 1.47. The molecule has 1 saturated heterocycles. The van der Waals surface area contributed by atoms with Crippen LogP contribution in [0.25, 0.3) is 0 Å². The summed E-state index contributed by atoms with van der Waals surface area (Å²) in [5.41, 5.74) is 4.86. The van der Waals surface area contributed by atoms with E-state index >= 15 is 0 Å². The van der Waals surface area contributed by atoms with E-state index in [1.807, 2.05) is 24.3 Å². The lowest BCUT2D eigenvalue weighted by atomic mass is 10.1. The van der Waals surface area contributed by atoms with E-state index in [1.165, 1.54) is 17.7 Å². The van der Waals surface area contributed by atoms with Gasteiger partial charge >= 0.3 is 0 Å². The van der Waals surface area contributed by atoms with E-state index in [9.17, 15) is 0 Å². The number of hydrogen-bond donors (Lipinski definition) is 1. The minimum Gasteiger partial charge on any atom is -0.378 e. The average Bonchev–Trinajstić information content (AvgIpc) is 3.23. The summed E-state index contributed by atoms with van der Waals surface area (Å²) in [6.45, 7) is 2.01. The summed E-state index contributed by atoms with van der Waals surface area (Å²) in [7, 11) is 4.12. The van der Waals surface area contributed by atoms with E-state index in [4.69, 9.17) is 10.2 Å². The van der Waals surface area contributed by atoms with Gasteiger partial charge in [-0.1, -0.05) is 18.2 Å². The number of rotatable bonds is 6. The summed E-state index contributed by atoms with van der Waals surface area (Å²) in [6, 6.07) is 20.8. The molecule has 1 atom stereocenters. The van der Waals surface area contributed by atoms with Crippen LogP contribution >= 0.6 is 0 Å². The number of anilines is 3. The minimum atomic E-state index is 0.319. The van der Waals surface area contributed by atoms with Gasteiger partial charge in [-0.15, -0.1) is 0 Å². The third-order valence-electron chi connectivity index (χ3n) is 5.46. The van der Waals surface area contributed by atoms with Gasteiger partial charge in [0, 0.05) is 26.3 Å². The molecule has 152 valence electrons. The maximum absolute atomic E-state index is 8.89. The molecule has 6 nitrogen and oxygen atoms in total. The molecule has 1 N–H and O–H groups in total. The van der Waals surface area contributed by atoms with E-state index < -0.39 is 0 Å². The highest BCUT2D eigenvalue weighted by atomic mass is 15.2. The minimum absolute atomic E-state index is 0.319. The van der Waals surface area contributed by atoms with Crippen molar-refractivity contribution in [3.63, 3.8) is 0 Å². The molecule has 0 saturated carbocycles. The molecule has 1 fully saturated rings. The monoisotopic (exact) mass is 398 g/mol. The molecule has 1 aliphatic rings. The lowest BCUT2D eigenvalue weighted by Gasteiger charge is -2.25. The van der Waals surface area contributed by atoms with E-state index in [0.717, 1.165) is 36.7 Å². The van der Waals surface area contributed by atoms with Crippen LogP contribution in [-0.2, 0) is 6.54 Å². The number of nitrogens with one attached hydrogen (secondary N) is 1. The molecule has 0 unspecified atom stereocenters. The first-order valence-corrected chi connectivity index (χ1v) is 10.2. The standard InChI is InChI=1S/C24H26N6/c1-29(2)21-12-8-18(9-13-21)17-30-14-4-6-23(30)22-5-3-7-24(28-22)27-20-11-10-19(15-25)26-16-20/h3,5,7-13,16,23H,4,6,14,17H2,1-2H3,(H,27,28)/t23-/m0/s1. The number of likely N-dealkylation sites (tertiary alicyclic amines) is 1. The van der Waals surface area contributed by atoms with Gasteiger partial charge in [-0.2, -0.15) is 5.26 Å². The number of pyridine rings is 2. The Morgan fingerprint density at radius 1 is 1.13 bits per heavy atom. The number of benzene rings is 1. The van der Waals surface area contributed by atoms with Gasteiger partial charge < -0.3 is 10.2 Å². The fourth-order valence-electron chi connectivity index (χ4n) is 3.87. The summed E-state index contributed by atoms with van der Waals surface area (Å²) >= 11 is 0. The quantitative estimate of drug-likeness (QED) is 0.660. The molecule has 3 aromatic rings. The smallest absolute Gasteiger partial charge is 0.140 e. The molecule has 30 heavy (non-hydrogen) atoms. The van der Waals surface area contributed by atoms with Crippen LogP contribution in [-0.4, -0.2) is 35.5 Å². The Hall–Kier alpha value is -3.43. The summed E-state index contributed by atoms with van der Waals surface area (Å²) in [5, 5.41) is 12.2. The van der Waals surface area contributed by atoms with Crippen LogP contribution in [0.15, 0.2) is 60.8 Å². The summed E-state index contributed by atoms with van der Waals surface area (Å²) in [4.78, 5) is 13.6. The number of hydrogen-bond acceptors (Lipinski definition) is 6. The van der Waals surface area contributed by atoms with Crippen molar-refractivity contribution in [2.45, 2.75) is 25.4 Å². The van der Waals surface area contributed by atoms with Crippen molar-refractivity contribution < 1.29 is 0 Å². The molecule has 0 bridgehead atoms. The van der Waals surface area contributed by atoms with Crippen molar-refractivity contribution in [2.24, 2.45) is 0 Å². The van der Waals surface area contributed by atoms with Gasteiger partial charge in [-0.05, 0) is 61.3 Å². The van der Waals surface area contributed by atoms with Gasteiger partial charge in [-0.25, -0.2) is 9.97 Å². The Bertz CT molecular complexity index is 1020. The van der Waals surface area contributed by atoms with Gasteiger partial charge in [0.1, 0.15) is 17.6 Å². The fourth-order valence-corrected chi connectivity index (χ4v) is 3.87. The van der Waals surface area contributed by atoms with Crippen molar-refractivity contribution in [1.29, 1.82) is 5.26 Å². The Labute approximate surface area is 177 Å². The molecule has 0 aliphatic carbocycles. The predicted molar refractivity (Wildman–Crippen MR) is 120 cm³/mol. The molecule has 2 aromatic heterocycles. The Morgan fingerprint density at radius 3 is 2.67 bits per heavy atom. The molecular formula is C24H26N6. The first-order valence-electron chi connectivity index (χ1n) is 10.2. The summed E-state index contributed by atoms with van der Waals surface area (Å²) in [5.74, 6) is 0.793. The van der Waals surface area contributed by atoms with Gasteiger partial charge in [0.05, 0.1) is 23.6 Å². The summed E-state index contributed by atoms with van der Waals surface area (Å²) < 4.78 is 0. The Morgan fingerprint density at radius 2 is 1.97 bits per heavy atom. The van der Waals surface area contributed by atoms with Crippen LogP contribution in [0.1, 0.15) is 35.8 Å². The molecule has 3 heterocycles. The lowest BCUT2D eigenvalue weighted by molar-refractivity contribution is 0.244. The van der Waals surface area contributed by atoms with Crippen molar-refractivity contribution >= 4 is 17.2 Å². The van der Waals surface area contributed by atoms with Crippen LogP contribution < -0.4 is 10.2 Å². The molecule has 1 aliphatic heterocycles. The van der Waals surface area contributed by atoms with Crippen LogP contribution in [0.3, 0.4) is 0 Å². The van der Waals surface area contributed by atoms with Crippen molar-refractivity contribution in [3.05, 3.63) is 77.7 Å². The van der Waals surface area contributed by atoms with Gasteiger partial charge in [0.25, 0.3) is 0 Å². The van der Waals surface area contributed by atoms with Crippen molar-refractivity contribution in [3.8, 4) is 6.07 Å². The predicted octanol–water partition coefficient (Wildman–Crippen LogP) is 4.49. The number of nitriles is 1. The van der Waals surface area contributed by atoms with E-state index in [0.29, 0.717) is 11.7 Å². The highest BCUT2D eigenvalue weighted by Gasteiger charge is 2.27. The maximum atomic E-state index is 8.89. The van der Waals surface area contributed by atoms with Crippen molar-refractivity contribution in [1.82, 2.24) is 14.9 Å². The molecule has 1 aromatic carbocycles. The molecule has 0 spiro atoms. The molecular weight excluding hydrogens is 372 g/mol. The fraction of sp³-hybridized carbons (Fsp3) is 0.292. The van der Waals surface area contributed by atoms with Gasteiger partial charge in [0.15, 0.2) is 0 Å². The average molecular weight is 399 g/mol. The van der Waals surface area contributed by atoms with Crippen LogP contribution in [0.4, 0.5) is 17.2 Å². The first kappa shape index (κ1) is 19.9. The van der Waals surface area contributed by atoms with E-state index in [2.05, 4.69) is 64.5 Å². The highest BCUT2D eigenvalue weighted by molar-refractivity contribution is 5.55. The number of aromatic nitrogens is 2. The summed E-state index contributed by atoms with van der Waals surface area (Å²) in [6.07, 6.45) is 3.95. The van der Waals surface area contributed by atoms with Crippen molar-refractivity contribution in [2.75, 3.05) is 30.9 Å². The largest absolute Gasteiger partial charge is 0.378 e. The molecule has 4 rings (SSSR count). The molecule has 6 heteroatoms. The SMILES string of the molecule is CN(C)c1ccc(CN2CCC[C@H]2c2cccc(Nc3ccc(C#N)nc3)n2)cc1. The molecule has 0 radical (unpaired) electrons. The van der Waals surface area contributed by atoms with Gasteiger partial charge in [-0.3, -0.25) is 4.90 Å². The van der Waals surface area contributed by atoms with E-state index in [1.54, 1.807) is 12.3 Å². The van der Waals surface area contributed by atoms with Gasteiger partial charge in [0.2, 0.25) is 0 Å². The van der Waals surface area contributed by atoms with Crippen LogP contribution in [0.5, 0.6) is 0 Å². The third kappa shape index (κ3) is 4.58. The van der Waals surface area contributed by atoms with E-state index in [-0.39, 0.29) is 0 Å². The number of nitrogens with zero attached hydrogens (tertiary/aromatic N) is 5. The maximum Gasteiger partial charge on any atom is 0.140 e. The third-order valence-corrected chi connectivity index (χ3v) is 5.46. The lowest BCUT2D eigenvalue weighted by Crippen LogP contribution is -2.23. The second-order valence-corrected chi connectivity index (χ2v) is 7.81.